The van der Waals surface area contributed by atoms with Crippen molar-refractivity contribution in [2.75, 3.05) is 5.32 Å². The summed E-state index contributed by atoms with van der Waals surface area (Å²) in [6.45, 7) is 4.01. The van der Waals surface area contributed by atoms with Gasteiger partial charge in [-0.05, 0) is 45.2 Å². The number of nitrogens with zero attached hydrogens (tertiary/aromatic N) is 1. The number of para-hydroxylation sites is 2. The summed E-state index contributed by atoms with van der Waals surface area (Å²) >= 11 is 0. The number of imidazole rings is 1. The molecule has 5 nitrogen and oxygen atoms in total. The third kappa shape index (κ3) is 3.40. The Kier molecular flexibility index (Phi) is 4.32. The summed E-state index contributed by atoms with van der Waals surface area (Å²) in [6, 6.07) is 8.51. The molecular weight excluding hydrogens is 276 g/mol. The van der Waals surface area contributed by atoms with Gasteiger partial charge in [-0.15, -0.1) is 0 Å². The lowest BCUT2D eigenvalue weighted by molar-refractivity contribution is -0.126. The van der Waals surface area contributed by atoms with Crippen molar-refractivity contribution in [3.05, 3.63) is 24.3 Å². The number of anilines is 1. The first kappa shape index (κ1) is 14.9. The summed E-state index contributed by atoms with van der Waals surface area (Å²) in [5.41, 5.74) is 2.00. The van der Waals surface area contributed by atoms with Crippen molar-refractivity contribution < 1.29 is 4.79 Å². The average molecular weight is 300 g/mol. The van der Waals surface area contributed by atoms with Crippen LogP contribution in [-0.4, -0.2) is 28.0 Å². The number of rotatable bonds is 4. The lowest BCUT2D eigenvalue weighted by atomic mass is 9.85. The fourth-order valence-electron chi connectivity index (χ4n) is 3.18. The number of amides is 1. The quantitative estimate of drug-likeness (QED) is 0.813. The van der Waals surface area contributed by atoms with Crippen molar-refractivity contribution >= 4 is 22.9 Å². The minimum Gasteiger partial charge on any atom is -0.354 e. The Morgan fingerprint density at radius 1 is 1.32 bits per heavy atom. The summed E-state index contributed by atoms with van der Waals surface area (Å²) in [5, 5.41) is 6.49. The van der Waals surface area contributed by atoms with E-state index in [0.29, 0.717) is 6.04 Å². The third-order valence-corrected chi connectivity index (χ3v) is 4.21. The van der Waals surface area contributed by atoms with E-state index in [0.717, 1.165) is 42.7 Å². The normalized spacial score (nSPS) is 22.0. The van der Waals surface area contributed by atoms with Crippen LogP contribution in [-0.2, 0) is 4.79 Å². The summed E-state index contributed by atoms with van der Waals surface area (Å²) < 4.78 is 0. The first-order valence-corrected chi connectivity index (χ1v) is 8.13. The fraction of sp³-hybridized carbons (Fsp3) is 0.529. The molecular formula is C17H24N4O. The molecule has 0 saturated heterocycles. The second-order valence-electron chi connectivity index (χ2n) is 6.47. The third-order valence-electron chi connectivity index (χ3n) is 4.21. The van der Waals surface area contributed by atoms with Gasteiger partial charge in [0.2, 0.25) is 11.9 Å². The summed E-state index contributed by atoms with van der Waals surface area (Å²) in [5.74, 6) is 1.10. The molecule has 1 aromatic carbocycles. The highest BCUT2D eigenvalue weighted by atomic mass is 16.1. The summed E-state index contributed by atoms with van der Waals surface area (Å²) in [4.78, 5) is 20.0. The number of aromatic amines is 1. The van der Waals surface area contributed by atoms with Gasteiger partial charge in [0.15, 0.2) is 0 Å². The molecule has 1 saturated carbocycles. The van der Waals surface area contributed by atoms with Crippen LogP contribution < -0.4 is 10.6 Å². The van der Waals surface area contributed by atoms with Crippen LogP contribution in [0, 0.1) is 5.92 Å². The van der Waals surface area contributed by atoms with Crippen molar-refractivity contribution in [1.82, 2.24) is 15.3 Å². The Hall–Kier alpha value is -2.04. The van der Waals surface area contributed by atoms with E-state index in [1.165, 1.54) is 0 Å². The number of nitrogens with one attached hydrogen (secondary N) is 3. The highest BCUT2D eigenvalue weighted by molar-refractivity contribution is 5.79. The summed E-state index contributed by atoms with van der Waals surface area (Å²) in [6.07, 6.45) is 4.02. The Balaban J connectivity index is 1.63. The van der Waals surface area contributed by atoms with E-state index in [1.54, 1.807) is 0 Å². The molecule has 118 valence electrons. The van der Waals surface area contributed by atoms with E-state index >= 15 is 0 Å². The van der Waals surface area contributed by atoms with Gasteiger partial charge in [0.05, 0.1) is 11.0 Å². The molecule has 5 heteroatoms. The molecule has 2 unspecified atom stereocenters. The van der Waals surface area contributed by atoms with Crippen LogP contribution in [0.5, 0.6) is 0 Å². The van der Waals surface area contributed by atoms with Gasteiger partial charge in [-0.25, -0.2) is 4.98 Å². The van der Waals surface area contributed by atoms with Gasteiger partial charge in [0.1, 0.15) is 0 Å². The zero-order chi connectivity index (χ0) is 15.5. The molecule has 1 aliphatic rings. The molecule has 1 fully saturated rings. The van der Waals surface area contributed by atoms with Gasteiger partial charge in [-0.2, -0.15) is 0 Å². The molecule has 1 amide bonds. The fourth-order valence-corrected chi connectivity index (χ4v) is 3.18. The smallest absolute Gasteiger partial charge is 0.223 e. The number of carbonyl (C=O) groups excluding carboxylic acids is 1. The second kappa shape index (κ2) is 6.38. The minimum atomic E-state index is 0.109. The Bertz CT molecular complexity index is 616. The maximum Gasteiger partial charge on any atom is 0.223 e. The molecule has 0 aliphatic heterocycles. The van der Waals surface area contributed by atoms with E-state index in [-0.39, 0.29) is 17.9 Å². The Morgan fingerprint density at radius 2 is 2.14 bits per heavy atom. The first-order valence-electron chi connectivity index (χ1n) is 8.13. The Morgan fingerprint density at radius 3 is 2.91 bits per heavy atom. The SMILES string of the molecule is CC(C)NC(=O)C1CCCC(Nc2nc3ccccc3[nH]2)C1. The monoisotopic (exact) mass is 300 g/mol. The van der Waals surface area contributed by atoms with Gasteiger partial charge < -0.3 is 15.6 Å². The van der Waals surface area contributed by atoms with Crippen LogP contribution >= 0.6 is 0 Å². The van der Waals surface area contributed by atoms with E-state index in [9.17, 15) is 4.79 Å². The molecule has 1 aromatic heterocycles. The molecule has 3 rings (SSSR count). The van der Waals surface area contributed by atoms with Gasteiger partial charge in [0, 0.05) is 18.0 Å². The van der Waals surface area contributed by atoms with E-state index in [1.807, 2.05) is 38.1 Å². The molecule has 0 bridgehead atoms. The maximum atomic E-state index is 12.2. The van der Waals surface area contributed by atoms with Crippen LogP contribution in [0.3, 0.4) is 0 Å². The largest absolute Gasteiger partial charge is 0.354 e. The zero-order valence-corrected chi connectivity index (χ0v) is 13.2. The number of hydrogen-bond donors (Lipinski definition) is 3. The Labute approximate surface area is 130 Å². The molecule has 3 N–H and O–H groups in total. The lowest BCUT2D eigenvalue weighted by Crippen LogP contribution is -2.40. The van der Waals surface area contributed by atoms with Crippen LogP contribution in [0.25, 0.3) is 11.0 Å². The van der Waals surface area contributed by atoms with Crippen molar-refractivity contribution in [1.29, 1.82) is 0 Å². The number of H-pyrrole nitrogens is 1. The molecule has 2 atom stereocenters. The first-order chi connectivity index (χ1) is 10.6. The van der Waals surface area contributed by atoms with Crippen molar-refractivity contribution in [2.45, 2.75) is 51.6 Å². The predicted molar refractivity (Wildman–Crippen MR) is 88.7 cm³/mol. The maximum absolute atomic E-state index is 12.2. The van der Waals surface area contributed by atoms with Crippen molar-refractivity contribution in [3.8, 4) is 0 Å². The molecule has 2 aromatic rings. The van der Waals surface area contributed by atoms with Crippen LogP contribution in [0.15, 0.2) is 24.3 Å². The van der Waals surface area contributed by atoms with E-state index in [2.05, 4.69) is 20.6 Å². The van der Waals surface area contributed by atoms with Gasteiger partial charge in [0.25, 0.3) is 0 Å². The van der Waals surface area contributed by atoms with E-state index in [4.69, 9.17) is 0 Å². The number of carbonyl (C=O) groups is 1. The van der Waals surface area contributed by atoms with Crippen LogP contribution in [0.2, 0.25) is 0 Å². The molecule has 22 heavy (non-hydrogen) atoms. The highest BCUT2D eigenvalue weighted by Crippen LogP contribution is 2.27. The predicted octanol–water partition coefficient (Wildman–Crippen LogP) is 3.06. The van der Waals surface area contributed by atoms with Crippen molar-refractivity contribution in [3.63, 3.8) is 0 Å². The van der Waals surface area contributed by atoms with Crippen molar-refractivity contribution in [2.24, 2.45) is 5.92 Å². The van der Waals surface area contributed by atoms with Gasteiger partial charge >= 0.3 is 0 Å². The van der Waals surface area contributed by atoms with Gasteiger partial charge in [-0.1, -0.05) is 18.6 Å². The zero-order valence-electron chi connectivity index (χ0n) is 13.2. The number of hydrogen-bond acceptors (Lipinski definition) is 3. The number of benzene rings is 1. The molecule has 0 radical (unpaired) electrons. The van der Waals surface area contributed by atoms with Crippen LogP contribution in [0.4, 0.5) is 5.95 Å². The molecule has 1 aliphatic carbocycles. The highest BCUT2D eigenvalue weighted by Gasteiger charge is 2.27. The topological polar surface area (TPSA) is 69.8 Å². The molecule has 1 heterocycles. The lowest BCUT2D eigenvalue weighted by Gasteiger charge is -2.29. The van der Waals surface area contributed by atoms with Gasteiger partial charge in [-0.3, -0.25) is 4.79 Å². The van der Waals surface area contributed by atoms with E-state index < -0.39 is 0 Å². The van der Waals surface area contributed by atoms with Crippen LogP contribution in [0.1, 0.15) is 39.5 Å². The standard InChI is InChI=1S/C17H24N4O/c1-11(2)18-16(22)12-6-5-7-13(10-12)19-17-20-14-8-3-4-9-15(14)21-17/h3-4,8-9,11-13H,5-7,10H2,1-2H3,(H,18,22)(H2,19,20,21). The average Bonchev–Trinajstić information content (AvgIpc) is 2.89. The minimum absolute atomic E-state index is 0.109. The molecule has 0 spiro atoms. The number of aromatic nitrogens is 2. The summed E-state index contributed by atoms with van der Waals surface area (Å²) in [7, 11) is 0. The number of fused-ring (bicyclic) bond motifs is 1. The second-order valence-corrected chi connectivity index (χ2v) is 6.47.